The molecule has 1 aromatic carbocycles. The summed E-state index contributed by atoms with van der Waals surface area (Å²) in [5, 5.41) is 13.2. The number of nitrogens with zero attached hydrogens (tertiary/aromatic N) is 2. The number of hydrogen-bond acceptors (Lipinski definition) is 6. The molecule has 2 aliphatic rings. The first kappa shape index (κ1) is 19.6. The molecule has 0 atom stereocenters. The van der Waals surface area contributed by atoms with Crippen molar-refractivity contribution in [3.63, 3.8) is 0 Å². The summed E-state index contributed by atoms with van der Waals surface area (Å²) >= 11 is 0. The lowest BCUT2D eigenvalue weighted by Gasteiger charge is -2.35. The summed E-state index contributed by atoms with van der Waals surface area (Å²) in [7, 11) is 0. The zero-order chi connectivity index (χ0) is 21.3. The topological polar surface area (TPSA) is 123 Å². The Labute approximate surface area is 171 Å². The van der Waals surface area contributed by atoms with Crippen molar-refractivity contribution in [1.82, 2.24) is 10.2 Å². The first-order valence-corrected chi connectivity index (χ1v) is 9.69. The van der Waals surface area contributed by atoms with E-state index in [1.54, 1.807) is 24.3 Å². The summed E-state index contributed by atoms with van der Waals surface area (Å²) < 4.78 is 5.68. The summed E-state index contributed by atoms with van der Waals surface area (Å²) in [4.78, 5) is 49.0. The molecule has 0 spiro atoms. The Hall–Kier alpha value is -3.75. The molecule has 1 N–H and O–H groups in total. The van der Waals surface area contributed by atoms with Crippen molar-refractivity contribution in [2.24, 2.45) is 0 Å². The Balaban J connectivity index is 1.61. The third kappa shape index (κ3) is 3.73. The molecule has 1 aliphatic heterocycles. The number of nitrogens with one attached hydrogen (secondary N) is 1. The summed E-state index contributed by atoms with van der Waals surface area (Å²) in [5.74, 6) is -0.823. The Morgan fingerprint density at radius 3 is 2.60 bits per heavy atom. The van der Waals surface area contributed by atoms with Gasteiger partial charge in [-0.15, -0.1) is 0 Å². The van der Waals surface area contributed by atoms with Crippen LogP contribution in [0.3, 0.4) is 0 Å². The van der Waals surface area contributed by atoms with Gasteiger partial charge in [-0.05, 0) is 31.1 Å². The van der Waals surface area contributed by atoms with Crippen LogP contribution in [0.25, 0.3) is 17.4 Å². The second kappa shape index (κ2) is 7.94. The van der Waals surface area contributed by atoms with Crippen LogP contribution in [0.4, 0.5) is 10.5 Å². The van der Waals surface area contributed by atoms with E-state index in [9.17, 15) is 24.5 Å². The van der Waals surface area contributed by atoms with Crippen molar-refractivity contribution in [2.45, 2.75) is 38.1 Å². The Morgan fingerprint density at radius 2 is 1.87 bits per heavy atom. The molecule has 0 radical (unpaired) electrons. The number of benzene rings is 1. The third-order valence-electron chi connectivity index (χ3n) is 5.33. The number of furan rings is 1. The van der Waals surface area contributed by atoms with Crippen LogP contribution in [0.2, 0.25) is 0 Å². The third-order valence-corrected chi connectivity index (χ3v) is 5.33. The maximum Gasteiger partial charge on any atom is 0.331 e. The summed E-state index contributed by atoms with van der Waals surface area (Å²) in [5.41, 5.74) is 0.236. The maximum atomic E-state index is 12.9. The van der Waals surface area contributed by atoms with Gasteiger partial charge in [0.25, 0.3) is 17.5 Å². The van der Waals surface area contributed by atoms with Gasteiger partial charge in [0.15, 0.2) is 0 Å². The SMILES string of the molecule is O=C1NC(=O)N(C2CCCCC2)C(=O)/C1=C/c1ccc(-c2cccc([N+](=O)[O-])c2)o1. The number of rotatable bonds is 4. The molecule has 1 saturated heterocycles. The molecule has 0 bridgehead atoms. The first-order chi connectivity index (χ1) is 14.4. The highest BCUT2D eigenvalue weighted by molar-refractivity contribution is 6.31. The van der Waals surface area contributed by atoms with Crippen molar-refractivity contribution in [2.75, 3.05) is 0 Å². The monoisotopic (exact) mass is 409 g/mol. The molecule has 2 aromatic rings. The fraction of sp³-hybridized carbons (Fsp3) is 0.286. The van der Waals surface area contributed by atoms with Gasteiger partial charge in [-0.3, -0.25) is 29.9 Å². The quantitative estimate of drug-likeness (QED) is 0.356. The molecular formula is C21H19N3O6. The average Bonchev–Trinajstić information content (AvgIpc) is 3.21. The molecule has 9 heteroatoms. The number of nitro groups is 1. The molecule has 9 nitrogen and oxygen atoms in total. The predicted octanol–water partition coefficient (Wildman–Crippen LogP) is 3.65. The van der Waals surface area contributed by atoms with Crippen LogP contribution in [0.15, 0.2) is 46.4 Å². The smallest absolute Gasteiger partial charge is 0.331 e. The largest absolute Gasteiger partial charge is 0.457 e. The fourth-order valence-electron chi connectivity index (χ4n) is 3.84. The van der Waals surface area contributed by atoms with E-state index in [1.165, 1.54) is 18.2 Å². The Kier molecular flexibility index (Phi) is 5.18. The highest BCUT2D eigenvalue weighted by Crippen LogP contribution is 2.29. The Morgan fingerprint density at radius 1 is 1.10 bits per heavy atom. The van der Waals surface area contributed by atoms with Gasteiger partial charge in [-0.2, -0.15) is 0 Å². The number of nitro benzene ring substituents is 1. The van der Waals surface area contributed by atoms with Crippen LogP contribution in [-0.4, -0.2) is 33.7 Å². The van der Waals surface area contributed by atoms with Gasteiger partial charge in [0.2, 0.25) is 0 Å². The second-order valence-electron chi connectivity index (χ2n) is 7.29. The summed E-state index contributed by atoms with van der Waals surface area (Å²) in [6, 6.07) is 8.19. The lowest BCUT2D eigenvalue weighted by atomic mass is 9.93. The molecule has 1 aliphatic carbocycles. The molecule has 2 fully saturated rings. The van der Waals surface area contributed by atoms with Gasteiger partial charge in [0.1, 0.15) is 17.1 Å². The minimum Gasteiger partial charge on any atom is -0.457 e. The number of imide groups is 2. The van der Waals surface area contributed by atoms with Crippen LogP contribution in [0.1, 0.15) is 37.9 Å². The van der Waals surface area contributed by atoms with Gasteiger partial charge in [-0.25, -0.2) is 4.79 Å². The standard InChI is InChI=1S/C21H19N3O6/c25-19-17(20(26)23(21(27)22-19)14-6-2-1-3-7-14)12-16-9-10-18(30-16)13-5-4-8-15(11-13)24(28)29/h4-5,8-12,14H,1-3,6-7H2,(H,22,25,27)/b17-12+. The average molecular weight is 409 g/mol. The normalized spacial score (nSPS) is 19.3. The number of non-ortho nitro benzene ring substituents is 1. The summed E-state index contributed by atoms with van der Waals surface area (Å²) in [6.07, 6.45) is 5.66. The van der Waals surface area contributed by atoms with Crippen LogP contribution < -0.4 is 5.32 Å². The van der Waals surface area contributed by atoms with Crippen molar-refractivity contribution in [3.05, 3.63) is 57.8 Å². The van der Waals surface area contributed by atoms with E-state index in [1.807, 2.05) is 0 Å². The van der Waals surface area contributed by atoms with E-state index in [4.69, 9.17) is 4.42 Å². The lowest BCUT2D eigenvalue weighted by Crippen LogP contribution is -2.58. The fourth-order valence-corrected chi connectivity index (χ4v) is 3.84. The van der Waals surface area contributed by atoms with Crippen molar-refractivity contribution in [3.8, 4) is 11.3 Å². The van der Waals surface area contributed by atoms with Gasteiger partial charge in [0, 0.05) is 23.7 Å². The highest BCUT2D eigenvalue weighted by Gasteiger charge is 2.40. The predicted molar refractivity (Wildman–Crippen MR) is 106 cm³/mol. The summed E-state index contributed by atoms with van der Waals surface area (Å²) in [6.45, 7) is 0. The number of barbiturate groups is 1. The van der Waals surface area contributed by atoms with E-state index in [-0.39, 0.29) is 23.1 Å². The number of hydrogen-bond donors (Lipinski definition) is 1. The van der Waals surface area contributed by atoms with E-state index >= 15 is 0 Å². The molecule has 30 heavy (non-hydrogen) atoms. The number of urea groups is 1. The number of carbonyl (C=O) groups is 3. The van der Waals surface area contributed by atoms with Gasteiger partial charge in [0.05, 0.1) is 4.92 Å². The number of carbonyl (C=O) groups excluding carboxylic acids is 3. The Bertz CT molecular complexity index is 1060. The molecule has 4 rings (SSSR count). The first-order valence-electron chi connectivity index (χ1n) is 9.69. The van der Waals surface area contributed by atoms with Crippen LogP contribution >= 0.6 is 0 Å². The lowest BCUT2D eigenvalue weighted by molar-refractivity contribution is -0.384. The molecule has 2 heterocycles. The molecule has 4 amide bonds. The maximum absolute atomic E-state index is 12.9. The van der Waals surface area contributed by atoms with E-state index in [0.717, 1.165) is 37.0 Å². The van der Waals surface area contributed by atoms with E-state index in [2.05, 4.69) is 5.32 Å². The van der Waals surface area contributed by atoms with Crippen molar-refractivity contribution < 1.29 is 23.7 Å². The minimum absolute atomic E-state index is 0.0766. The molecule has 1 saturated carbocycles. The molecule has 1 aromatic heterocycles. The molecule has 0 unspecified atom stereocenters. The van der Waals surface area contributed by atoms with Crippen LogP contribution in [0.5, 0.6) is 0 Å². The highest BCUT2D eigenvalue weighted by atomic mass is 16.6. The number of amides is 4. The van der Waals surface area contributed by atoms with Gasteiger partial charge >= 0.3 is 6.03 Å². The second-order valence-corrected chi connectivity index (χ2v) is 7.29. The van der Waals surface area contributed by atoms with Crippen molar-refractivity contribution in [1.29, 1.82) is 0 Å². The molecular weight excluding hydrogens is 390 g/mol. The molecule has 154 valence electrons. The zero-order valence-corrected chi connectivity index (χ0v) is 16.0. The minimum atomic E-state index is -0.773. The zero-order valence-electron chi connectivity index (χ0n) is 16.0. The van der Waals surface area contributed by atoms with Crippen molar-refractivity contribution >= 4 is 29.6 Å². The van der Waals surface area contributed by atoms with Crippen LogP contribution in [-0.2, 0) is 9.59 Å². The van der Waals surface area contributed by atoms with E-state index in [0.29, 0.717) is 11.3 Å². The van der Waals surface area contributed by atoms with Gasteiger partial charge in [-0.1, -0.05) is 31.4 Å². The van der Waals surface area contributed by atoms with Gasteiger partial charge < -0.3 is 4.42 Å². The van der Waals surface area contributed by atoms with Crippen LogP contribution in [0, 0.1) is 10.1 Å². The van der Waals surface area contributed by atoms with E-state index < -0.39 is 22.8 Å².